The largest absolute Gasteiger partial charge is 1.00 e. The van der Waals surface area contributed by atoms with Crippen molar-refractivity contribution in [1.82, 2.24) is 0 Å². The van der Waals surface area contributed by atoms with Crippen molar-refractivity contribution in [3.8, 4) is 22.5 Å². The maximum Gasteiger partial charge on any atom is 0.338 e. The number of hydrogen-bond acceptors (Lipinski definition) is 4. The van der Waals surface area contributed by atoms with Crippen LogP contribution in [0.2, 0.25) is 0 Å². The van der Waals surface area contributed by atoms with Gasteiger partial charge in [0.25, 0.3) is 0 Å². The van der Waals surface area contributed by atoms with Crippen LogP contribution in [0.15, 0.2) is 51.4 Å². The maximum atomic E-state index is 12.9. The Morgan fingerprint density at radius 2 is 1.97 bits per heavy atom. The molecule has 0 aromatic heterocycles. The molecule has 4 rings (SSSR count). The van der Waals surface area contributed by atoms with Gasteiger partial charge >= 0.3 is 5.97 Å². The Labute approximate surface area is 209 Å². The molecule has 168 valence electrons. The summed E-state index contributed by atoms with van der Waals surface area (Å²) in [5, 5.41) is 6.69. The fourth-order valence-corrected chi connectivity index (χ4v) is 4.65. The summed E-state index contributed by atoms with van der Waals surface area (Å²) in [6, 6.07) is 11.0. The summed E-state index contributed by atoms with van der Waals surface area (Å²) in [5.74, 6) is 0.959. The van der Waals surface area contributed by atoms with E-state index in [4.69, 9.17) is 20.3 Å². The van der Waals surface area contributed by atoms with Crippen LogP contribution in [-0.2, 0) is 4.74 Å². The van der Waals surface area contributed by atoms with Crippen molar-refractivity contribution in [3.63, 3.8) is 0 Å². The summed E-state index contributed by atoms with van der Waals surface area (Å²) in [5.41, 5.74) is 10.1. The first-order valence-electron chi connectivity index (χ1n) is 10.2. The molecule has 5 nitrogen and oxygen atoms in total. The summed E-state index contributed by atoms with van der Waals surface area (Å²) in [6.07, 6.45) is 5.68. The Kier molecular flexibility index (Phi) is 7.98. The third-order valence-electron chi connectivity index (χ3n) is 5.36. The van der Waals surface area contributed by atoms with E-state index in [1.165, 1.54) is 0 Å². The zero-order valence-electron chi connectivity index (χ0n) is 17.4. The van der Waals surface area contributed by atoms with Gasteiger partial charge in [0.05, 0.1) is 17.0 Å². The van der Waals surface area contributed by atoms with E-state index in [1.807, 2.05) is 42.5 Å². The van der Waals surface area contributed by atoms with Crippen LogP contribution in [0.1, 0.15) is 46.3 Å². The third-order valence-corrected chi connectivity index (χ3v) is 7.21. The van der Waals surface area contributed by atoms with Crippen LogP contribution in [-0.4, -0.2) is 18.6 Å². The van der Waals surface area contributed by atoms with E-state index in [0.29, 0.717) is 33.5 Å². The minimum Gasteiger partial charge on any atom is -1.00 e. The Morgan fingerprint density at radius 3 is 2.72 bits per heavy atom. The predicted molar refractivity (Wildman–Crippen MR) is 127 cm³/mol. The molecule has 3 aliphatic rings. The van der Waals surface area contributed by atoms with Gasteiger partial charge in [-0.15, -0.1) is 0 Å². The fraction of sp³-hybridized carbons (Fsp3) is 0.250. The fourth-order valence-electron chi connectivity index (χ4n) is 3.71. The molecule has 1 heterocycles. The molecule has 1 aromatic carbocycles. The molecule has 1 aromatic rings. The Morgan fingerprint density at radius 1 is 1.22 bits per heavy atom. The van der Waals surface area contributed by atoms with Crippen LogP contribution in [0, 0.1) is 0 Å². The summed E-state index contributed by atoms with van der Waals surface area (Å²) < 4.78 is 12.5. The zero-order valence-corrected chi connectivity index (χ0v) is 21.3. The molecule has 0 saturated carbocycles. The third kappa shape index (κ3) is 4.44. The molecular weight excluding hydrogens is 560 g/mol. The average Bonchev–Trinajstić information content (AvgIpc) is 2.78. The van der Waals surface area contributed by atoms with E-state index in [9.17, 15) is 4.79 Å². The molecule has 2 unspecified atom stereocenters. The van der Waals surface area contributed by atoms with Gasteiger partial charge in [0, 0.05) is 28.8 Å². The number of hydrogen-bond donors (Lipinski definition) is 2. The van der Waals surface area contributed by atoms with Gasteiger partial charge in [-0.1, -0.05) is 59.6 Å². The molecule has 8 heteroatoms. The van der Waals surface area contributed by atoms with Crippen LogP contribution in [0.4, 0.5) is 0 Å². The topological polar surface area (TPSA) is 91.0 Å². The first kappa shape index (κ1) is 24.7. The number of alkyl halides is 1. The highest BCUT2D eigenvalue weighted by Gasteiger charge is 2.32. The van der Waals surface area contributed by atoms with Gasteiger partial charge in [0.2, 0.25) is 5.36 Å². The van der Waals surface area contributed by atoms with Crippen LogP contribution in [0.5, 0.6) is 0 Å². The highest BCUT2D eigenvalue weighted by atomic mass is 79.9. The molecule has 2 aliphatic carbocycles. The molecule has 4 N–H and O–H groups in total. The Balaban J connectivity index is 0.00000289. The molecule has 0 amide bonds. The number of carbonyl (C=O) groups is 1. The number of unbranched alkanes of at least 4 members (excludes halogenated alkanes) is 1. The van der Waals surface area contributed by atoms with Crippen molar-refractivity contribution in [2.45, 2.75) is 30.6 Å². The monoisotopic (exact) mass is 580 g/mol. The standard InChI is InChI=1S/C24H22Br2N2O3.ClH/c1-2-3-12-30-24(29)14-7-5-4-6-13(14)19-15-8-10-17(27)20(25)22(15)31-23-16(19)9-11-18(28)21(23)26;/h4-11,17,20,28H,2-3,12,27H2,1H3;1H. The van der Waals surface area contributed by atoms with E-state index in [2.05, 4.69) is 38.8 Å². The summed E-state index contributed by atoms with van der Waals surface area (Å²) in [4.78, 5) is 12.7. The maximum absolute atomic E-state index is 12.9. The van der Waals surface area contributed by atoms with Gasteiger partial charge in [0.15, 0.2) is 5.76 Å². The van der Waals surface area contributed by atoms with Crippen molar-refractivity contribution in [2.75, 3.05) is 6.61 Å². The number of halogens is 3. The van der Waals surface area contributed by atoms with Gasteiger partial charge in [-0.05, 0) is 40.0 Å². The molecule has 0 fully saturated rings. The number of benzene rings is 2. The van der Waals surface area contributed by atoms with Crippen molar-refractivity contribution in [3.05, 3.63) is 69.2 Å². The molecular formula is C24H23Br2ClN2O3. The molecule has 2 atom stereocenters. The van der Waals surface area contributed by atoms with Gasteiger partial charge in [-0.25, -0.2) is 4.79 Å². The first-order valence-corrected chi connectivity index (χ1v) is 11.9. The van der Waals surface area contributed by atoms with E-state index in [-0.39, 0.29) is 29.2 Å². The van der Waals surface area contributed by atoms with Gasteiger partial charge < -0.3 is 27.3 Å². The van der Waals surface area contributed by atoms with Crippen LogP contribution in [0.3, 0.4) is 0 Å². The second-order valence-corrected chi connectivity index (χ2v) is 9.25. The van der Waals surface area contributed by atoms with Crippen LogP contribution < -0.4 is 28.9 Å². The Hall–Kier alpha value is -1.93. The quantitative estimate of drug-likeness (QED) is 0.269. The minimum atomic E-state index is -0.340. The van der Waals surface area contributed by atoms with Gasteiger partial charge in [-0.3, -0.25) is 5.41 Å². The summed E-state index contributed by atoms with van der Waals surface area (Å²) in [7, 11) is 0. The Bertz CT molecular complexity index is 1210. The lowest BCUT2D eigenvalue weighted by molar-refractivity contribution is -0.173. The first-order chi connectivity index (χ1) is 14.9. The lowest BCUT2D eigenvalue weighted by Gasteiger charge is -2.26. The van der Waals surface area contributed by atoms with Crippen molar-refractivity contribution in [2.24, 2.45) is 5.73 Å². The van der Waals surface area contributed by atoms with E-state index < -0.39 is 0 Å². The average molecular weight is 583 g/mol. The van der Waals surface area contributed by atoms with Crippen LogP contribution in [0.25, 0.3) is 28.5 Å². The number of carbonyl (C=O) groups excluding carboxylic acids is 1. The van der Waals surface area contributed by atoms with Gasteiger partial charge in [0.1, 0.15) is 10.2 Å². The van der Waals surface area contributed by atoms with Crippen molar-refractivity contribution in [1.29, 1.82) is 0 Å². The highest BCUT2D eigenvalue weighted by Crippen LogP contribution is 2.47. The molecule has 1 aliphatic heterocycles. The number of nitrogens with two attached hydrogens (primary N) is 2. The number of rotatable bonds is 5. The van der Waals surface area contributed by atoms with Gasteiger partial charge in [-0.2, -0.15) is 0 Å². The molecule has 0 saturated heterocycles. The second kappa shape index (κ2) is 10.3. The lowest BCUT2D eigenvalue weighted by Crippen LogP contribution is -3.00. The summed E-state index contributed by atoms with van der Waals surface area (Å²) >= 11 is 7.23. The second-order valence-electron chi connectivity index (χ2n) is 7.47. The smallest absolute Gasteiger partial charge is 0.338 e. The number of fused-ring (bicyclic) bond motifs is 2. The van der Waals surface area contributed by atoms with E-state index >= 15 is 0 Å². The zero-order chi connectivity index (χ0) is 22.1. The van der Waals surface area contributed by atoms with E-state index in [0.717, 1.165) is 35.1 Å². The number of ether oxygens (including phenoxy) is 1. The summed E-state index contributed by atoms with van der Waals surface area (Å²) in [6.45, 7) is 2.46. The molecule has 32 heavy (non-hydrogen) atoms. The predicted octanol–water partition coefficient (Wildman–Crippen LogP) is 1.22. The molecule has 0 bridgehead atoms. The highest BCUT2D eigenvalue weighted by molar-refractivity contribution is 9.10. The normalized spacial score (nSPS) is 17.0. The minimum absolute atomic E-state index is 0. The molecule has 0 radical (unpaired) electrons. The lowest BCUT2D eigenvalue weighted by atomic mass is 9.86. The van der Waals surface area contributed by atoms with E-state index in [1.54, 1.807) is 6.07 Å². The van der Waals surface area contributed by atoms with Crippen molar-refractivity contribution < 1.29 is 31.8 Å². The molecule has 0 spiro atoms. The van der Waals surface area contributed by atoms with Crippen LogP contribution >= 0.6 is 31.9 Å². The van der Waals surface area contributed by atoms with Crippen molar-refractivity contribution >= 4 is 43.9 Å². The SMILES string of the molecule is CCCCOC(=O)c1ccccc1-c1c2ccc(=[NH2+])c(Br)c-2oc2c1C=CC(N)C2Br.[Cl-]. The number of esters is 1.